The molecule has 1 heterocycles. The molecule has 1 amide bonds. The summed E-state index contributed by atoms with van der Waals surface area (Å²) in [5.41, 5.74) is 3.24. The van der Waals surface area contributed by atoms with Crippen molar-refractivity contribution in [3.05, 3.63) is 83.9 Å². The summed E-state index contributed by atoms with van der Waals surface area (Å²) in [6, 6.07) is 17.5. The molecule has 0 spiro atoms. The number of benzene rings is 2. The maximum Gasteiger partial charge on any atom is 0.274 e. The fourth-order valence-corrected chi connectivity index (χ4v) is 2.65. The number of pyridine rings is 1. The van der Waals surface area contributed by atoms with Gasteiger partial charge in [-0.1, -0.05) is 44.2 Å². The molecular weight excluding hydrogens is 329 g/mol. The number of nitrogens with one attached hydrogen (secondary N) is 2. The molecule has 0 aliphatic rings. The standard InChI is InChI=1S/C21H20FN3O/c1-14(2)16-7-3-5-9-18(16)24-15-11-12-23-20(13-15)21(26)25-19-10-6-4-8-17(19)22/h3-14H,1-2H3,(H,23,24)(H,25,26). The summed E-state index contributed by atoms with van der Waals surface area (Å²) in [6.45, 7) is 4.25. The van der Waals surface area contributed by atoms with Gasteiger partial charge in [0.25, 0.3) is 5.91 Å². The van der Waals surface area contributed by atoms with E-state index in [1.807, 2.05) is 18.2 Å². The molecule has 0 atom stereocenters. The Morgan fingerprint density at radius 2 is 1.69 bits per heavy atom. The van der Waals surface area contributed by atoms with E-state index in [0.717, 1.165) is 11.4 Å². The highest BCUT2D eigenvalue weighted by Crippen LogP contribution is 2.27. The average Bonchev–Trinajstić information content (AvgIpc) is 2.64. The van der Waals surface area contributed by atoms with E-state index in [2.05, 4.69) is 35.5 Å². The highest BCUT2D eigenvalue weighted by molar-refractivity contribution is 6.03. The minimum atomic E-state index is -0.485. The van der Waals surface area contributed by atoms with Crippen LogP contribution in [0.4, 0.5) is 21.5 Å². The van der Waals surface area contributed by atoms with Crippen LogP contribution in [0, 0.1) is 5.82 Å². The first-order valence-corrected chi connectivity index (χ1v) is 8.42. The molecule has 0 aliphatic carbocycles. The van der Waals surface area contributed by atoms with Gasteiger partial charge in [0.1, 0.15) is 11.5 Å². The van der Waals surface area contributed by atoms with Gasteiger partial charge in [0.2, 0.25) is 0 Å². The molecule has 26 heavy (non-hydrogen) atoms. The molecule has 4 nitrogen and oxygen atoms in total. The number of carbonyl (C=O) groups excluding carboxylic acids is 1. The summed E-state index contributed by atoms with van der Waals surface area (Å²) in [5.74, 6) is -0.582. The summed E-state index contributed by atoms with van der Waals surface area (Å²) in [6.07, 6.45) is 1.55. The Kier molecular flexibility index (Phi) is 5.27. The molecule has 3 aromatic rings. The van der Waals surface area contributed by atoms with E-state index in [-0.39, 0.29) is 11.4 Å². The molecule has 0 aliphatic heterocycles. The third-order valence-electron chi connectivity index (χ3n) is 3.98. The van der Waals surface area contributed by atoms with Crippen molar-refractivity contribution in [2.24, 2.45) is 0 Å². The lowest BCUT2D eigenvalue weighted by molar-refractivity contribution is 0.102. The van der Waals surface area contributed by atoms with Gasteiger partial charge in [0.15, 0.2) is 0 Å². The topological polar surface area (TPSA) is 54.0 Å². The van der Waals surface area contributed by atoms with Gasteiger partial charge in [-0.15, -0.1) is 0 Å². The van der Waals surface area contributed by atoms with Crippen LogP contribution in [-0.2, 0) is 0 Å². The van der Waals surface area contributed by atoms with Crippen molar-refractivity contribution in [2.75, 3.05) is 10.6 Å². The van der Waals surface area contributed by atoms with Crippen LogP contribution in [0.5, 0.6) is 0 Å². The predicted molar refractivity (Wildman–Crippen MR) is 102 cm³/mol. The Morgan fingerprint density at radius 3 is 2.42 bits per heavy atom. The summed E-state index contributed by atoms with van der Waals surface area (Å²) >= 11 is 0. The van der Waals surface area contributed by atoms with Crippen molar-refractivity contribution in [1.29, 1.82) is 0 Å². The van der Waals surface area contributed by atoms with Crippen LogP contribution in [-0.4, -0.2) is 10.9 Å². The van der Waals surface area contributed by atoms with Gasteiger partial charge >= 0.3 is 0 Å². The number of hydrogen-bond acceptors (Lipinski definition) is 3. The zero-order valence-corrected chi connectivity index (χ0v) is 14.7. The van der Waals surface area contributed by atoms with E-state index in [4.69, 9.17) is 0 Å². The SMILES string of the molecule is CC(C)c1ccccc1Nc1ccnc(C(=O)Nc2ccccc2F)c1. The highest BCUT2D eigenvalue weighted by atomic mass is 19.1. The lowest BCUT2D eigenvalue weighted by Crippen LogP contribution is -2.14. The van der Waals surface area contributed by atoms with Crippen molar-refractivity contribution < 1.29 is 9.18 Å². The number of hydrogen-bond donors (Lipinski definition) is 2. The fraction of sp³-hybridized carbons (Fsp3) is 0.143. The van der Waals surface area contributed by atoms with Gasteiger partial charge in [-0.25, -0.2) is 4.39 Å². The monoisotopic (exact) mass is 349 g/mol. The van der Waals surface area contributed by atoms with Crippen LogP contribution >= 0.6 is 0 Å². The largest absolute Gasteiger partial charge is 0.355 e. The quantitative estimate of drug-likeness (QED) is 0.654. The fourth-order valence-electron chi connectivity index (χ4n) is 2.65. The van der Waals surface area contributed by atoms with Gasteiger partial charge in [0, 0.05) is 17.6 Å². The number of nitrogens with zero attached hydrogens (tertiary/aromatic N) is 1. The minimum Gasteiger partial charge on any atom is -0.355 e. The Morgan fingerprint density at radius 1 is 1.00 bits per heavy atom. The maximum absolute atomic E-state index is 13.7. The molecule has 0 saturated heterocycles. The number of carbonyl (C=O) groups is 1. The first kappa shape index (κ1) is 17.6. The second-order valence-electron chi connectivity index (χ2n) is 6.23. The number of halogens is 1. The van der Waals surface area contributed by atoms with E-state index < -0.39 is 11.7 Å². The van der Waals surface area contributed by atoms with Gasteiger partial charge in [-0.3, -0.25) is 9.78 Å². The molecule has 2 aromatic carbocycles. The number of aromatic nitrogens is 1. The molecule has 5 heteroatoms. The first-order valence-electron chi connectivity index (χ1n) is 8.42. The van der Waals surface area contributed by atoms with Crippen molar-refractivity contribution in [2.45, 2.75) is 19.8 Å². The zero-order valence-electron chi connectivity index (χ0n) is 14.7. The molecule has 1 aromatic heterocycles. The van der Waals surface area contributed by atoms with Crippen LogP contribution in [0.1, 0.15) is 35.8 Å². The summed E-state index contributed by atoms with van der Waals surface area (Å²) in [7, 11) is 0. The summed E-state index contributed by atoms with van der Waals surface area (Å²) < 4.78 is 13.7. The van der Waals surface area contributed by atoms with Crippen molar-refractivity contribution >= 4 is 23.0 Å². The second kappa shape index (κ2) is 7.78. The Balaban J connectivity index is 1.81. The Hall–Kier alpha value is -3.21. The van der Waals surface area contributed by atoms with Gasteiger partial charge < -0.3 is 10.6 Å². The predicted octanol–water partition coefficient (Wildman–Crippen LogP) is 5.34. The molecule has 0 radical (unpaired) electrons. The van der Waals surface area contributed by atoms with E-state index >= 15 is 0 Å². The Bertz CT molecular complexity index is 924. The molecule has 132 valence electrons. The van der Waals surface area contributed by atoms with Crippen molar-refractivity contribution in [3.8, 4) is 0 Å². The molecule has 0 bridgehead atoms. The third kappa shape index (κ3) is 4.06. The zero-order chi connectivity index (χ0) is 18.5. The number of anilines is 3. The van der Waals surface area contributed by atoms with E-state index in [0.29, 0.717) is 5.92 Å². The van der Waals surface area contributed by atoms with E-state index in [9.17, 15) is 9.18 Å². The van der Waals surface area contributed by atoms with E-state index in [1.54, 1.807) is 30.5 Å². The molecular formula is C21H20FN3O. The van der Waals surface area contributed by atoms with Gasteiger partial charge in [-0.05, 0) is 41.8 Å². The lowest BCUT2D eigenvalue weighted by Gasteiger charge is -2.15. The van der Waals surface area contributed by atoms with E-state index in [1.165, 1.54) is 17.7 Å². The van der Waals surface area contributed by atoms with Crippen LogP contribution in [0.25, 0.3) is 0 Å². The van der Waals surface area contributed by atoms with Crippen LogP contribution in [0.2, 0.25) is 0 Å². The molecule has 0 saturated carbocycles. The highest BCUT2D eigenvalue weighted by Gasteiger charge is 2.12. The molecule has 0 unspecified atom stereocenters. The van der Waals surface area contributed by atoms with Gasteiger partial charge in [0.05, 0.1) is 5.69 Å². The lowest BCUT2D eigenvalue weighted by atomic mass is 10.0. The number of para-hydroxylation sites is 2. The van der Waals surface area contributed by atoms with Gasteiger partial charge in [-0.2, -0.15) is 0 Å². The van der Waals surface area contributed by atoms with Crippen LogP contribution < -0.4 is 10.6 Å². The Labute approximate surface area is 152 Å². The normalized spacial score (nSPS) is 10.6. The second-order valence-corrected chi connectivity index (χ2v) is 6.23. The third-order valence-corrected chi connectivity index (χ3v) is 3.98. The summed E-state index contributed by atoms with van der Waals surface area (Å²) in [4.78, 5) is 16.5. The maximum atomic E-state index is 13.7. The first-order chi connectivity index (χ1) is 12.5. The summed E-state index contributed by atoms with van der Waals surface area (Å²) in [5, 5.41) is 5.87. The smallest absolute Gasteiger partial charge is 0.274 e. The molecule has 2 N–H and O–H groups in total. The van der Waals surface area contributed by atoms with Crippen LogP contribution in [0.3, 0.4) is 0 Å². The van der Waals surface area contributed by atoms with Crippen molar-refractivity contribution in [1.82, 2.24) is 4.98 Å². The van der Waals surface area contributed by atoms with Crippen LogP contribution in [0.15, 0.2) is 66.9 Å². The number of amides is 1. The van der Waals surface area contributed by atoms with Crippen molar-refractivity contribution in [3.63, 3.8) is 0 Å². The number of rotatable bonds is 5. The molecule has 3 rings (SSSR count). The average molecular weight is 349 g/mol. The minimum absolute atomic E-state index is 0.128. The molecule has 0 fully saturated rings.